The molecule has 1 aromatic carbocycles. The lowest BCUT2D eigenvalue weighted by atomic mass is 10.1. The number of allylic oxidation sites excluding steroid dienone is 1. The highest BCUT2D eigenvalue weighted by Crippen LogP contribution is 2.07. The van der Waals surface area contributed by atoms with Gasteiger partial charge in [-0.3, -0.25) is 0 Å². The summed E-state index contributed by atoms with van der Waals surface area (Å²) in [6, 6.07) is 6.89. The fourth-order valence-corrected chi connectivity index (χ4v) is 1.22. The quantitative estimate of drug-likeness (QED) is 0.559. The van der Waals surface area contributed by atoms with Crippen molar-refractivity contribution in [3.05, 3.63) is 47.8 Å². The van der Waals surface area contributed by atoms with Gasteiger partial charge < -0.3 is 5.32 Å². The first-order valence-corrected chi connectivity index (χ1v) is 4.87. The Bertz CT molecular complexity index is 294. The largest absolute Gasteiger partial charge is 0.319 e. The highest BCUT2D eigenvalue weighted by atomic mass is 19.1. The van der Waals surface area contributed by atoms with Gasteiger partial charge in [-0.1, -0.05) is 30.4 Å². The molecular weight excluding hydrogens is 177 g/mol. The molecule has 76 valence electrons. The Morgan fingerprint density at radius 2 is 2.07 bits per heavy atom. The molecule has 0 aromatic heterocycles. The van der Waals surface area contributed by atoms with Crippen LogP contribution in [-0.4, -0.2) is 13.6 Å². The van der Waals surface area contributed by atoms with Crippen molar-refractivity contribution in [2.75, 3.05) is 13.6 Å². The number of hydrogen-bond donors (Lipinski definition) is 1. The molecule has 0 saturated carbocycles. The Kier molecular flexibility index (Phi) is 4.94. The minimum Gasteiger partial charge on any atom is -0.319 e. The molecule has 0 aliphatic heterocycles. The number of hydrogen-bond acceptors (Lipinski definition) is 1. The highest BCUT2D eigenvalue weighted by molar-refractivity contribution is 5.19. The van der Waals surface area contributed by atoms with Gasteiger partial charge in [-0.05, 0) is 38.1 Å². The van der Waals surface area contributed by atoms with Crippen LogP contribution in [0.15, 0.2) is 36.4 Å². The molecule has 0 saturated heterocycles. The van der Waals surface area contributed by atoms with Crippen molar-refractivity contribution in [2.45, 2.75) is 12.8 Å². The van der Waals surface area contributed by atoms with Gasteiger partial charge in [0, 0.05) is 0 Å². The van der Waals surface area contributed by atoms with E-state index in [-0.39, 0.29) is 5.82 Å². The predicted molar refractivity (Wildman–Crippen MR) is 57.8 cm³/mol. The van der Waals surface area contributed by atoms with Crippen molar-refractivity contribution in [1.29, 1.82) is 0 Å². The van der Waals surface area contributed by atoms with Crippen LogP contribution < -0.4 is 5.32 Å². The van der Waals surface area contributed by atoms with Gasteiger partial charge >= 0.3 is 0 Å². The number of benzene rings is 1. The molecule has 0 aliphatic rings. The van der Waals surface area contributed by atoms with E-state index in [4.69, 9.17) is 0 Å². The molecular formula is C12H16FN. The van der Waals surface area contributed by atoms with Crippen molar-refractivity contribution < 1.29 is 4.39 Å². The zero-order valence-electron chi connectivity index (χ0n) is 8.46. The Labute approximate surface area is 84.6 Å². The average Bonchev–Trinajstić information content (AvgIpc) is 2.20. The van der Waals surface area contributed by atoms with Gasteiger partial charge in [0.1, 0.15) is 5.82 Å². The first kappa shape index (κ1) is 10.9. The lowest BCUT2D eigenvalue weighted by Crippen LogP contribution is -2.05. The molecule has 14 heavy (non-hydrogen) atoms. The number of rotatable bonds is 5. The average molecular weight is 193 g/mol. The van der Waals surface area contributed by atoms with Gasteiger partial charge in [-0.2, -0.15) is 0 Å². The molecule has 0 unspecified atom stereocenters. The molecule has 0 fully saturated rings. The zero-order chi connectivity index (χ0) is 10.2. The molecule has 0 radical (unpaired) electrons. The van der Waals surface area contributed by atoms with Crippen LogP contribution in [0.1, 0.15) is 12.0 Å². The third-order valence-corrected chi connectivity index (χ3v) is 2.02. The van der Waals surface area contributed by atoms with E-state index in [9.17, 15) is 4.39 Å². The van der Waals surface area contributed by atoms with Crippen molar-refractivity contribution in [3.63, 3.8) is 0 Å². The molecule has 1 rings (SSSR count). The van der Waals surface area contributed by atoms with Crippen molar-refractivity contribution in [1.82, 2.24) is 5.32 Å². The van der Waals surface area contributed by atoms with Crippen LogP contribution >= 0.6 is 0 Å². The van der Waals surface area contributed by atoms with E-state index in [0.29, 0.717) is 6.42 Å². The lowest BCUT2D eigenvalue weighted by molar-refractivity contribution is 0.614. The van der Waals surface area contributed by atoms with Crippen LogP contribution in [0.5, 0.6) is 0 Å². The zero-order valence-corrected chi connectivity index (χ0v) is 8.46. The first-order chi connectivity index (χ1) is 6.84. The normalized spacial score (nSPS) is 11.0. The van der Waals surface area contributed by atoms with E-state index in [0.717, 1.165) is 18.5 Å². The number of halogens is 1. The summed E-state index contributed by atoms with van der Waals surface area (Å²) in [5.74, 6) is -0.120. The molecule has 0 atom stereocenters. The van der Waals surface area contributed by atoms with Crippen LogP contribution in [-0.2, 0) is 6.42 Å². The Morgan fingerprint density at radius 3 is 2.79 bits per heavy atom. The fourth-order valence-electron chi connectivity index (χ4n) is 1.22. The Morgan fingerprint density at radius 1 is 1.29 bits per heavy atom. The van der Waals surface area contributed by atoms with Crippen molar-refractivity contribution >= 4 is 0 Å². The Hall–Kier alpha value is -1.15. The van der Waals surface area contributed by atoms with E-state index >= 15 is 0 Å². The fraction of sp³-hybridized carbons (Fsp3) is 0.333. The second-order valence-electron chi connectivity index (χ2n) is 3.16. The highest BCUT2D eigenvalue weighted by Gasteiger charge is 1.96. The third-order valence-electron chi connectivity index (χ3n) is 2.02. The second-order valence-corrected chi connectivity index (χ2v) is 3.16. The first-order valence-electron chi connectivity index (χ1n) is 4.87. The monoisotopic (exact) mass is 193 g/mol. The third kappa shape index (κ3) is 3.71. The van der Waals surface area contributed by atoms with E-state index in [1.54, 1.807) is 6.07 Å². The Balaban J connectivity index is 2.38. The minimum atomic E-state index is -0.120. The van der Waals surface area contributed by atoms with Gasteiger partial charge in [-0.15, -0.1) is 0 Å². The SMILES string of the molecule is CNCCC=CCc1ccccc1F. The van der Waals surface area contributed by atoms with E-state index in [1.807, 2.05) is 25.3 Å². The summed E-state index contributed by atoms with van der Waals surface area (Å²) in [6.07, 6.45) is 5.75. The second kappa shape index (κ2) is 6.33. The van der Waals surface area contributed by atoms with Crippen LogP contribution in [0.25, 0.3) is 0 Å². The lowest BCUT2D eigenvalue weighted by Gasteiger charge is -1.97. The van der Waals surface area contributed by atoms with Crippen LogP contribution in [0.4, 0.5) is 4.39 Å². The summed E-state index contributed by atoms with van der Waals surface area (Å²) >= 11 is 0. The van der Waals surface area contributed by atoms with Crippen LogP contribution in [0.2, 0.25) is 0 Å². The van der Waals surface area contributed by atoms with Gasteiger partial charge in [0.05, 0.1) is 0 Å². The standard InChI is InChI=1S/C12H16FN/c1-14-10-6-2-3-7-11-8-4-5-9-12(11)13/h2-5,8-9,14H,6-7,10H2,1H3. The molecule has 1 nitrogen and oxygen atoms in total. The minimum absolute atomic E-state index is 0.120. The summed E-state index contributed by atoms with van der Waals surface area (Å²) < 4.78 is 13.1. The molecule has 0 aliphatic carbocycles. The predicted octanol–water partition coefficient (Wildman–Crippen LogP) is 2.53. The van der Waals surface area contributed by atoms with E-state index < -0.39 is 0 Å². The molecule has 0 bridgehead atoms. The molecule has 0 spiro atoms. The maximum absolute atomic E-state index is 13.1. The smallest absolute Gasteiger partial charge is 0.126 e. The molecule has 0 amide bonds. The maximum Gasteiger partial charge on any atom is 0.126 e. The molecule has 1 aromatic rings. The van der Waals surface area contributed by atoms with Crippen LogP contribution in [0, 0.1) is 5.82 Å². The van der Waals surface area contributed by atoms with Crippen molar-refractivity contribution in [3.8, 4) is 0 Å². The summed E-state index contributed by atoms with van der Waals surface area (Å²) in [5.41, 5.74) is 0.758. The molecule has 0 heterocycles. The van der Waals surface area contributed by atoms with Gasteiger partial charge in [0.15, 0.2) is 0 Å². The maximum atomic E-state index is 13.1. The summed E-state index contributed by atoms with van der Waals surface area (Å²) in [6.45, 7) is 0.966. The molecule has 1 N–H and O–H groups in total. The van der Waals surface area contributed by atoms with Crippen LogP contribution in [0.3, 0.4) is 0 Å². The topological polar surface area (TPSA) is 12.0 Å². The number of nitrogens with one attached hydrogen (secondary N) is 1. The summed E-state index contributed by atoms with van der Waals surface area (Å²) in [5, 5.41) is 3.05. The van der Waals surface area contributed by atoms with Crippen molar-refractivity contribution in [2.24, 2.45) is 0 Å². The molecule has 2 heteroatoms. The van der Waals surface area contributed by atoms with E-state index in [1.165, 1.54) is 6.07 Å². The summed E-state index contributed by atoms with van der Waals surface area (Å²) in [4.78, 5) is 0. The van der Waals surface area contributed by atoms with Gasteiger partial charge in [-0.25, -0.2) is 4.39 Å². The van der Waals surface area contributed by atoms with E-state index in [2.05, 4.69) is 11.4 Å². The van der Waals surface area contributed by atoms with Gasteiger partial charge in [0.2, 0.25) is 0 Å². The van der Waals surface area contributed by atoms with Gasteiger partial charge in [0.25, 0.3) is 0 Å². The summed E-state index contributed by atoms with van der Waals surface area (Å²) in [7, 11) is 1.92.